The summed E-state index contributed by atoms with van der Waals surface area (Å²) < 4.78 is 11.1. The molecule has 94 valence electrons. The lowest BCUT2D eigenvalue weighted by Crippen LogP contribution is -2.06. The molecule has 1 aliphatic rings. The second-order valence-corrected chi connectivity index (χ2v) is 4.57. The molecule has 4 nitrogen and oxygen atoms in total. The van der Waals surface area contributed by atoms with Gasteiger partial charge in [-0.2, -0.15) is 0 Å². The van der Waals surface area contributed by atoms with E-state index in [9.17, 15) is 4.79 Å². The van der Waals surface area contributed by atoms with Crippen LogP contribution in [0, 0.1) is 0 Å². The molecule has 0 amide bonds. The Morgan fingerprint density at radius 3 is 2.78 bits per heavy atom. The fourth-order valence-electron chi connectivity index (χ4n) is 1.45. The highest BCUT2D eigenvalue weighted by molar-refractivity contribution is 9.10. The number of ether oxygens (including phenoxy) is 2. The van der Waals surface area contributed by atoms with Crippen LogP contribution in [0.2, 0.25) is 0 Å². The lowest BCUT2D eigenvalue weighted by molar-refractivity contribution is -0.130. The predicted octanol–water partition coefficient (Wildman–Crippen LogP) is 2.82. The van der Waals surface area contributed by atoms with Gasteiger partial charge in [-0.15, -0.1) is 0 Å². The zero-order chi connectivity index (χ0) is 13.0. The van der Waals surface area contributed by atoms with E-state index in [4.69, 9.17) is 9.47 Å². The number of benzene rings is 1. The first-order valence-corrected chi connectivity index (χ1v) is 6.34. The van der Waals surface area contributed by atoms with Crippen molar-refractivity contribution >= 4 is 27.8 Å². The van der Waals surface area contributed by atoms with Gasteiger partial charge >= 0.3 is 5.97 Å². The van der Waals surface area contributed by atoms with Gasteiger partial charge < -0.3 is 9.47 Å². The van der Waals surface area contributed by atoms with Crippen LogP contribution < -0.4 is 0 Å². The van der Waals surface area contributed by atoms with Crippen LogP contribution in [-0.4, -0.2) is 18.5 Å². The summed E-state index contributed by atoms with van der Waals surface area (Å²) in [4.78, 5) is 15.5. The van der Waals surface area contributed by atoms with Crippen LogP contribution in [-0.2, 0) is 20.7 Å². The molecule has 18 heavy (non-hydrogen) atoms. The molecule has 0 atom stereocenters. The molecule has 0 N–H and O–H groups in total. The standard InChI is InChI=1S/C13H12BrNO3/c1-2-17-8-11-13(16)18-12(15-11)7-9-3-5-10(14)6-4-9/h3-6,8H,2,7H2,1H3/b11-8-. The van der Waals surface area contributed by atoms with E-state index in [1.807, 2.05) is 31.2 Å². The number of esters is 1. The van der Waals surface area contributed by atoms with E-state index in [-0.39, 0.29) is 5.70 Å². The van der Waals surface area contributed by atoms with Crippen LogP contribution in [0.1, 0.15) is 12.5 Å². The van der Waals surface area contributed by atoms with Crippen LogP contribution in [0.25, 0.3) is 0 Å². The number of nitrogens with zero attached hydrogens (tertiary/aromatic N) is 1. The molecule has 5 heteroatoms. The summed E-state index contributed by atoms with van der Waals surface area (Å²) in [5.41, 5.74) is 1.24. The van der Waals surface area contributed by atoms with Crippen LogP contribution >= 0.6 is 15.9 Å². The number of carbonyl (C=O) groups is 1. The number of cyclic esters (lactones) is 1. The number of hydrogen-bond donors (Lipinski definition) is 0. The summed E-state index contributed by atoms with van der Waals surface area (Å²) in [6, 6.07) is 7.77. The molecule has 1 aliphatic heterocycles. The van der Waals surface area contributed by atoms with Gasteiger partial charge in [0.2, 0.25) is 5.90 Å². The lowest BCUT2D eigenvalue weighted by Gasteiger charge is -2.00. The van der Waals surface area contributed by atoms with Gasteiger partial charge in [0.05, 0.1) is 6.61 Å². The van der Waals surface area contributed by atoms with Gasteiger partial charge in [0, 0.05) is 10.9 Å². The first-order chi connectivity index (χ1) is 8.69. The Bertz CT molecular complexity index is 505. The van der Waals surface area contributed by atoms with Crippen LogP contribution in [0.3, 0.4) is 0 Å². The molecule has 0 spiro atoms. The number of hydrogen-bond acceptors (Lipinski definition) is 4. The van der Waals surface area contributed by atoms with Crippen molar-refractivity contribution in [2.24, 2.45) is 4.99 Å². The van der Waals surface area contributed by atoms with Crippen molar-refractivity contribution in [3.8, 4) is 0 Å². The first-order valence-electron chi connectivity index (χ1n) is 5.55. The molecule has 1 aromatic carbocycles. The van der Waals surface area contributed by atoms with Crippen molar-refractivity contribution < 1.29 is 14.3 Å². The van der Waals surface area contributed by atoms with Crippen LogP contribution in [0.4, 0.5) is 0 Å². The second kappa shape index (κ2) is 5.82. The zero-order valence-corrected chi connectivity index (χ0v) is 11.4. The largest absolute Gasteiger partial charge is 0.499 e. The minimum absolute atomic E-state index is 0.212. The maximum atomic E-state index is 11.4. The Morgan fingerprint density at radius 1 is 1.39 bits per heavy atom. The SMILES string of the molecule is CCO/C=C1\N=C(Cc2ccc(Br)cc2)OC1=O. The van der Waals surface area contributed by atoms with Crippen molar-refractivity contribution in [3.05, 3.63) is 46.3 Å². The highest BCUT2D eigenvalue weighted by atomic mass is 79.9. The Balaban J connectivity index is 2.07. The lowest BCUT2D eigenvalue weighted by atomic mass is 10.1. The summed E-state index contributed by atoms with van der Waals surface area (Å²) in [7, 11) is 0. The smallest absolute Gasteiger partial charge is 0.366 e. The van der Waals surface area contributed by atoms with Crippen molar-refractivity contribution in [2.45, 2.75) is 13.3 Å². The van der Waals surface area contributed by atoms with Crippen molar-refractivity contribution in [1.82, 2.24) is 0 Å². The Hall–Kier alpha value is -1.62. The highest BCUT2D eigenvalue weighted by Gasteiger charge is 2.23. The van der Waals surface area contributed by atoms with Crippen molar-refractivity contribution in [3.63, 3.8) is 0 Å². The summed E-state index contributed by atoms with van der Waals surface area (Å²) in [5.74, 6) is -0.0659. The third-order valence-electron chi connectivity index (χ3n) is 2.30. The average molecular weight is 310 g/mol. The molecule has 0 aromatic heterocycles. The molecule has 0 saturated heterocycles. The van der Waals surface area contributed by atoms with E-state index in [0.29, 0.717) is 18.9 Å². The van der Waals surface area contributed by atoms with Gasteiger partial charge in [-0.25, -0.2) is 9.79 Å². The molecule has 0 radical (unpaired) electrons. The number of rotatable bonds is 4. The summed E-state index contributed by atoms with van der Waals surface area (Å²) in [6.07, 6.45) is 1.82. The van der Waals surface area contributed by atoms with Gasteiger partial charge in [-0.1, -0.05) is 28.1 Å². The first kappa shape index (κ1) is 12.8. The maximum Gasteiger partial charge on any atom is 0.366 e. The predicted molar refractivity (Wildman–Crippen MR) is 71.1 cm³/mol. The monoisotopic (exact) mass is 309 g/mol. The molecular formula is C13H12BrNO3. The molecule has 2 rings (SSSR count). The van der Waals surface area contributed by atoms with E-state index < -0.39 is 5.97 Å². The Labute approximate surface area is 113 Å². The highest BCUT2D eigenvalue weighted by Crippen LogP contribution is 2.16. The Morgan fingerprint density at radius 2 is 2.11 bits per heavy atom. The van der Waals surface area contributed by atoms with Crippen LogP contribution in [0.5, 0.6) is 0 Å². The van der Waals surface area contributed by atoms with E-state index in [1.54, 1.807) is 0 Å². The number of aliphatic imine (C=N–C) groups is 1. The molecule has 0 unspecified atom stereocenters. The van der Waals surface area contributed by atoms with E-state index >= 15 is 0 Å². The van der Waals surface area contributed by atoms with Gasteiger partial charge in [0.25, 0.3) is 0 Å². The fourth-order valence-corrected chi connectivity index (χ4v) is 1.72. The second-order valence-electron chi connectivity index (χ2n) is 3.66. The number of halogens is 1. The molecule has 0 saturated carbocycles. The Kier molecular flexibility index (Phi) is 4.15. The van der Waals surface area contributed by atoms with Crippen LogP contribution in [0.15, 0.2) is 45.7 Å². The summed E-state index contributed by atoms with van der Waals surface area (Å²) in [5, 5.41) is 0. The van der Waals surface area contributed by atoms with E-state index in [1.165, 1.54) is 6.26 Å². The average Bonchev–Trinajstić information content (AvgIpc) is 2.70. The molecule has 1 heterocycles. The topological polar surface area (TPSA) is 47.9 Å². The normalized spacial score (nSPS) is 16.7. The number of carbonyl (C=O) groups excluding carboxylic acids is 1. The fraction of sp³-hybridized carbons (Fsp3) is 0.231. The van der Waals surface area contributed by atoms with Crippen molar-refractivity contribution in [2.75, 3.05) is 6.61 Å². The molecule has 1 aromatic rings. The van der Waals surface area contributed by atoms with E-state index in [2.05, 4.69) is 20.9 Å². The zero-order valence-electron chi connectivity index (χ0n) is 9.85. The minimum atomic E-state index is -0.462. The van der Waals surface area contributed by atoms with Gasteiger partial charge in [0.15, 0.2) is 5.70 Å². The quantitative estimate of drug-likeness (QED) is 0.488. The molecule has 0 bridgehead atoms. The third kappa shape index (κ3) is 3.20. The minimum Gasteiger partial charge on any atom is -0.499 e. The maximum absolute atomic E-state index is 11.4. The van der Waals surface area contributed by atoms with Gasteiger partial charge in [0.1, 0.15) is 6.26 Å². The van der Waals surface area contributed by atoms with Gasteiger partial charge in [-0.3, -0.25) is 0 Å². The summed E-state index contributed by atoms with van der Waals surface area (Å²) >= 11 is 3.36. The van der Waals surface area contributed by atoms with Gasteiger partial charge in [-0.05, 0) is 24.6 Å². The van der Waals surface area contributed by atoms with E-state index in [0.717, 1.165) is 10.0 Å². The summed E-state index contributed by atoms with van der Waals surface area (Å²) in [6.45, 7) is 2.33. The molecule has 0 aliphatic carbocycles. The molecular weight excluding hydrogens is 298 g/mol. The van der Waals surface area contributed by atoms with Crippen molar-refractivity contribution in [1.29, 1.82) is 0 Å². The molecule has 0 fully saturated rings. The third-order valence-corrected chi connectivity index (χ3v) is 2.82.